The van der Waals surface area contributed by atoms with Crippen LogP contribution in [-0.4, -0.2) is 12.0 Å². The summed E-state index contributed by atoms with van der Waals surface area (Å²) in [5.74, 6) is 0.622. The Morgan fingerprint density at radius 1 is 1.05 bits per heavy atom. The summed E-state index contributed by atoms with van der Waals surface area (Å²) in [5.41, 5.74) is 4.53. The van der Waals surface area contributed by atoms with Gasteiger partial charge in [0.2, 0.25) is 0 Å². The van der Waals surface area contributed by atoms with Gasteiger partial charge in [0.05, 0.1) is 0 Å². The van der Waals surface area contributed by atoms with E-state index in [9.17, 15) is 4.79 Å². The number of aryl methyl sites for hydroxylation is 3. The van der Waals surface area contributed by atoms with Crippen molar-refractivity contribution in [2.45, 2.75) is 40.3 Å². The van der Waals surface area contributed by atoms with Crippen LogP contribution in [0.2, 0.25) is 0 Å². The molecule has 0 aliphatic carbocycles. The molecule has 1 unspecified atom stereocenters. The smallest absolute Gasteiger partial charge is 0.261 e. The average molecular weight is 297 g/mol. The van der Waals surface area contributed by atoms with E-state index in [1.807, 2.05) is 51.1 Å². The van der Waals surface area contributed by atoms with Crippen molar-refractivity contribution in [3.05, 3.63) is 64.7 Å². The molecule has 1 atom stereocenters. The highest BCUT2D eigenvalue weighted by atomic mass is 16.5. The van der Waals surface area contributed by atoms with Crippen LogP contribution in [0.15, 0.2) is 42.5 Å². The van der Waals surface area contributed by atoms with Gasteiger partial charge in [0.1, 0.15) is 5.75 Å². The minimum atomic E-state index is -0.522. The fraction of sp³-hybridized carbons (Fsp3) is 0.316. The Balaban J connectivity index is 1.91. The maximum absolute atomic E-state index is 12.1. The number of ether oxygens (including phenoxy) is 1. The zero-order valence-electron chi connectivity index (χ0n) is 13.6. The molecular weight excluding hydrogens is 274 g/mol. The van der Waals surface area contributed by atoms with Crippen molar-refractivity contribution in [3.63, 3.8) is 0 Å². The number of rotatable bonds is 5. The Labute approximate surface area is 132 Å². The lowest BCUT2D eigenvalue weighted by Crippen LogP contribution is -2.35. The Morgan fingerprint density at radius 3 is 2.36 bits per heavy atom. The van der Waals surface area contributed by atoms with Crippen LogP contribution >= 0.6 is 0 Å². The highest BCUT2D eigenvalue weighted by Gasteiger charge is 2.14. The molecule has 0 aliphatic rings. The highest BCUT2D eigenvalue weighted by molar-refractivity contribution is 5.80. The Kier molecular flexibility index (Phi) is 5.21. The van der Waals surface area contributed by atoms with Crippen molar-refractivity contribution in [2.75, 3.05) is 0 Å². The molecule has 0 radical (unpaired) electrons. The molecule has 0 bridgehead atoms. The minimum Gasteiger partial charge on any atom is -0.481 e. The van der Waals surface area contributed by atoms with E-state index < -0.39 is 6.10 Å². The summed E-state index contributed by atoms with van der Waals surface area (Å²) in [6.45, 7) is 8.35. The lowest BCUT2D eigenvalue weighted by atomic mass is 10.1. The summed E-state index contributed by atoms with van der Waals surface area (Å²) in [7, 11) is 0. The van der Waals surface area contributed by atoms with Crippen molar-refractivity contribution in [1.82, 2.24) is 5.32 Å². The lowest BCUT2D eigenvalue weighted by molar-refractivity contribution is -0.127. The fourth-order valence-corrected chi connectivity index (χ4v) is 2.41. The summed E-state index contributed by atoms with van der Waals surface area (Å²) in [6.07, 6.45) is -0.522. The third-order valence-corrected chi connectivity index (χ3v) is 3.43. The first kappa shape index (κ1) is 16.1. The number of carbonyl (C=O) groups excluding carboxylic acids is 1. The van der Waals surface area contributed by atoms with Gasteiger partial charge in [-0.1, -0.05) is 35.9 Å². The Hall–Kier alpha value is -2.29. The van der Waals surface area contributed by atoms with Gasteiger partial charge >= 0.3 is 0 Å². The van der Waals surface area contributed by atoms with E-state index in [4.69, 9.17) is 4.74 Å². The van der Waals surface area contributed by atoms with E-state index in [1.165, 1.54) is 5.56 Å². The number of carbonyl (C=O) groups is 1. The van der Waals surface area contributed by atoms with Crippen LogP contribution in [-0.2, 0) is 11.3 Å². The second kappa shape index (κ2) is 7.12. The van der Waals surface area contributed by atoms with Gasteiger partial charge in [-0.3, -0.25) is 4.79 Å². The van der Waals surface area contributed by atoms with Gasteiger partial charge < -0.3 is 10.1 Å². The average Bonchev–Trinajstić information content (AvgIpc) is 2.43. The minimum absolute atomic E-state index is 0.110. The quantitative estimate of drug-likeness (QED) is 0.914. The molecule has 22 heavy (non-hydrogen) atoms. The van der Waals surface area contributed by atoms with E-state index in [0.717, 1.165) is 22.4 Å². The Bertz CT molecular complexity index is 644. The molecule has 3 heteroatoms. The zero-order valence-corrected chi connectivity index (χ0v) is 13.6. The molecule has 2 aromatic carbocycles. The second-order valence-electron chi connectivity index (χ2n) is 5.79. The van der Waals surface area contributed by atoms with Gasteiger partial charge in [0.25, 0.3) is 5.91 Å². The maximum atomic E-state index is 12.1. The first-order valence-electron chi connectivity index (χ1n) is 7.52. The molecule has 0 aromatic heterocycles. The normalized spacial score (nSPS) is 11.8. The van der Waals surface area contributed by atoms with Crippen LogP contribution in [0.4, 0.5) is 0 Å². The van der Waals surface area contributed by atoms with Gasteiger partial charge in [-0.25, -0.2) is 0 Å². The number of hydrogen-bond acceptors (Lipinski definition) is 2. The third-order valence-electron chi connectivity index (χ3n) is 3.43. The van der Waals surface area contributed by atoms with Crippen LogP contribution in [0.25, 0.3) is 0 Å². The highest BCUT2D eigenvalue weighted by Crippen LogP contribution is 2.17. The van der Waals surface area contributed by atoms with E-state index in [1.54, 1.807) is 6.92 Å². The van der Waals surface area contributed by atoms with Gasteiger partial charge in [-0.05, 0) is 56.5 Å². The maximum Gasteiger partial charge on any atom is 0.261 e. The summed E-state index contributed by atoms with van der Waals surface area (Å²) >= 11 is 0. The molecule has 3 nitrogen and oxygen atoms in total. The SMILES string of the molecule is Cc1cccc(CNC(=O)C(C)Oc2cc(C)cc(C)c2)c1. The van der Waals surface area contributed by atoms with Crippen molar-refractivity contribution < 1.29 is 9.53 Å². The van der Waals surface area contributed by atoms with Crippen LogP contribution in [0.1, 0.15) is 29.2 Å². The fourth-order valence-electron chi connectivity index (χ4n) is 2.41. The van der Waals surface area contributed by atoms with E-state index in [2.05, 4.69) is 17.4 Å². The molecule has 2 aromatic rings. The number of amides is 1. The van der Waals surface area contributed by atoms with Crippen LogP contribution < -0.4 is 10.1 Å². The molecule has 116 valence electrons. The van der Waals surface area contributed by atoms with Crippen LogP contribution in [0.3, 0.4) is 0 Å². The number of hydrogen-bond donors (Lipinski definition) is 1. The third kappa shape index (κ3) is 4.62. The first-order chi connectivity index (χ1) is 10.4. The molecule has 0 fully saturated rings. The van der Waals surface area contributed by atoms with Crippen LogP contribution in [0.5, 0.6) is 5.75 Å². The predicted octanol–water partition coefficient (Wildman–Crippen LogP) is 3.70. The zero-order chi connectivity index (χ0) is 16.1. The lowest BCUT2D eigenvalue weighted by Gasteiger charge is -2.16. The molecule has 1 amide bonds. The monoisotopic (exact) mass is 297 g/mol. The largest absolute Gasteiger partial charge is 0.481 e. The molecule has 0 aliphatic heterocycles. The van der Waals surface area contributed by atoms with Crippen molar-refractivity contribution in [2.24, 2.45) is 0 Å². The molecular formula is C19H23NO2. The van der Waals surface area contributed by atoms with E-state index >= 15 is 0 Å². The number of benzene rings is 2. The standard InChI is InChI=1S/C19H23NO2/c1-13-6-5-7-17(9-13)12-20-19(21)16(4)22-18-10-14(2)8-15(3)11-18/h5-11,16H,12H2,1-4H3,(H,20,21). The molecule has 0 saturated carbocycles. The number of nitrogens with one attached hydrogen (secondary N) is 1. The summed E-state index contributed by atoms with van der Waals surface area (Å²) in [5, 5.41) is 2.91. The second-order valence-corrected chi connectivity index (χ2v) is 5.79. The topological polar surface area (TPSA) is 38.3 Å². The van der Waals surface area contributed by atoms with Gasteiger partial charge in [0.15, 0.2) is 6.10 Å². The van der Waals surface area contributed by atoms with Gasteiger partial charge in [0, 0.05) is 6.54 Å². The predicted molar refractivity (Wildman–Crippen MR) is 89.0 cm³/mol. The summed E-state index contributed by atoms with van der Waals surface area (Å²) < 4.78 is 5.74. The van der Waals surface area contributed by atoms with Crippen molar-refractivity contribution in [3.8, 4) is 5.75 Å². The summed E-state index contributed by atoms with van der Waals surface area (Å²) in [6, 6.07) is 14.1. The van der Waals surface area contributed by atoms with Crippen LogP contribution in [0, 0.1) is 20.8 Å². The van der Waals surface area contributed by atoms with E-state index in [-0.39, 0.29) is 5.91 Å². The molecule has 0 spiro atoms. The first-order valence-corrected chi connectivity index (χ1v) is 7.52. The summed E-state index contributed by atoms with van der Waals surface area (Å²) in [4.78, 5) is 12.1. The Morgan fingerprint density at radius 2 is 1.73 bits per heavy atom. The van der Waals surface area contributed by atoms with Crippen molar-refractivity contribution >= 4 is 5.91 Å². The van der Waals surface area contributed by atoms with E-state index in [0.29, 0.717) is 6.54 Å². The molecule has 0 saturated heterocycles. The van der Waals surface area contributed by atoms with Gasteiger partial charge in [-0.15, -0.1) is 0 Å². The molecule has 2 rings (SSSR count). The van der Waals surface area contributed by atoms with Gasteiger partial charge in [-0.2, -0.15) is 0 Å². The molecule has 1 N–H and O–H groups in total. The molecule has 0 heterocycles. The van der Waals surface area contributed by atoms with Crippen molar-refractivity contribution in [1.29, 1.82) is 0 Å².